The highest BCUT2D eigenvalue weighted by Gasteiger charge is 2.33. The van der Waals surface area contributed by atoms with E-state index in [1.54, 1.807) is 0 Å². The lowest BCUT2D eigenvalue weighted by molar-refractivity contribution is -0.151. The molecule has 0 aliphatic carbocycles. The van der Waals surface area contributed by atoms with Crippen LogP contribution in [0, 0.1) is 5.82 Å². The molecule has 1 amide bonds. The fourth-order valence-corrected chi connectivity index (χ4v) is 3.07. The molecule has 3 rings (SSSR count). The van der Waals surface area contributed by atoms with E-state index in [1.165, 1.54) is 23.1 Å². The van der Waals surface area contributed by atoms with Crippen LogP contribution in [0.4, 0.5) is 17.6 Å². The lowest BCUT2D eigenvalue weighted by Gasteiger charge is -2.34. The second-order valence-electron chi connectivity index (χ2n) is 6.00. The quantitative estimate of drug-likeness (QED) is 0.853. The first kappa shape index (κ1) is 16.7. The van der Waals surface area contributed by atoms with E-state index in [1.807, 2.05) is 0 Å². The normalized spacial score (nSPS) is 19.0. The van der Waals surface area contributed by atoms with E-state index in [2.05, 4.69) is 9.97 Å². The number of alkyl halides is 3. The van der Waals surface area contributed by atoms with Crippen molar-refractivity contribution in [3.8, 4) is 0 Å². The summed E-state index contributed by atoms with van der Waals surface area (Å²) in [6, 6.07) is 3.74. The number of piperidine rings is 1. The Labute approximate surface area is 135 Å². The van der Waals surface area contributed by atoms with Crippen molar-refractivity contribution in [2.45, 2.75) is 44.3 Å². The van der Waals surface area contributed by atoms with Gasteiger partial charge in [-0.1, -0.05) is 0 Å². The van der Waals surface area contributed by atoms with Crippen LogP contribution in [0.1, 0.15) is 44.0 Å². The van der Waals surface area contributed by atoms with Gasteiger partial charge in [0.05, 0.1) is 23.5 Å². The number of likely N-dealkylation sites (tertiary alicyclic amines) is 1. The van der Waals surface area contributed by atoms with Gasteiger partial charge in [-0.3, -0.25) is 4.79 Å². The van der Waals surface area contributed by atoms with Gasteiger partial charge in [0.15, 0.2) is 0 Å². The molecule has 1 aliphatic heterocycles. The average molecular weight is 343 g/mol. The minimum absolute atomic E-state index is 0.394. The van der Waals surface area contributed by atoms with E-state index in [9.17, 15) is 22.4 Å². The van der Waals surface area contributed by atoms with Crippen molar-refractivity contribution >= 4 is 16.9 Å². The molecule has 130 valence electrons. The van der Waals surface area contributed by atoms with E-state index in [4.69, 9.17) is 0 Å². The van der Waals surface area contributed by atoms with Crippen LogP contribution in [-0.4, -0.2) is 33.5 Å². The van der Waals surface area contributed by atoms with Gasteiger partial charge < -0.3 is 9.88 Å². The van der Waals surface area contributed by atoms with Crippen molar-refractivity contribution in [1.82, 2.24) is 14.9 Å². The zero-order chi connectivity index (χ0) is 17.3. The summed E-state index contributed by atoms with van der Waals surface area (Å²) >= 11 is 0. The molecule has 1 saturated heterocycles. The van der Waals surface area contributed by atoms with E-state index in [0.29, 0.717) is 29.8 Å². The van der Waals surface area contributed by atoms with Gasteiger partial charge in [0, 0.05) is 13.0 Å². The molecule has 1 aromatic carbocycles. The number of aromatic nitrogens is 2. The molecule has 1 aromatic heterocycles. The number of amides is 1. The topological polar surface area (TPSA) is 49.0 Å². The minimum Gasteiger partial charge on any atom is -0.340 e. The molecular formula is C16H17F4N3O. The van der Waals surface area contributed by atoms with Crippen molar-refractivity contribution < 1.29 is 22.4 Å². The number of aromatic amines is 1. The highest BCUT2D eigenvalue weighted by atomic mass is 19.4. The predicted octanol–water partition coefficient (Wildman–Crippen LogP) is 4.10. The number of fused-ring (bicyclic) bond motifs is 1. The second-order valence-corrected chi connectivity index (χ2v) is 6.00. The highest BCUT2D eigenvalue weighted by Crippen LogP contribution is 2.32. The van der Waals surface area contributed by atoms with Crippen molar-refractivity contribution in [2.24, 2.45) is 0 Å². The molecular weight excluding hydrogens is 326 g/mol. The molecule has 8 heteroatoms. The number of benzene rings is 1. The molecule has 1 fully saturated rings. The Morgan fingerprint density at radius 2 is 2.12 bits per heavy atom. The molecule has 24 heavy (non-hydrogen) atoms. The number of carbonyl (C=O) groups is 1. The van der Waals surface area contributed by atoms with Crippen LogP contribution in [0.15, 0.2) is 18.2 Å². The first-order chi connectivity index (χ1) is 11.3. The number of hydrogen-bond donors (Lipinski definition) is 1. The third kappa shape index (κ3) is 3.68. The van der Waals surface area contributed by atoms with E-state index < -0.39 is 36.8 Å². The van der Waals surface area contributed by atoms with Gasteiger partial charge in [0.2, 0.25) is 5.91 Å². The van der Waals surface area contributed by atoms with E-state index >= 15 is 0 Å². The van der Waals surface area contributed by atoms with Crippen LogP contribution in [0.5, 0.6) is 0 Å². The highest BCUT2D eigenvalue weighted by molar-refractivity contribution is 5.78. The summed E-state index contributed by atoms with van der Waals surface area (Å²) in [7, 11) is 0. The molecule has 0 bridgehead atoms. The van der Waals surface area contributed by atoms with Gasteiger partial charge in [0.1, 0.15) is 11.6 Å². The van der Waals surface area contributed by atoms with Crippen LogP contribution in [0.3, 0.4) is 0 Å². The maximum absolute atomic E-state index is 13.3. The third-order valence-electron chi connectivity index (χ3n) is 4.22. The Morgan fingerprint density at radius 3 is 2.88 bits per heavy atom. The maximum atomic E-state index is 13.3. The zero-order valence-electron chi connectivity index (χ0n) is 12.9. The predicted molar refractivity (Wildman–Crippen MR) is 79.6 cm³/mol. The first-order valence-corrected chi connectivity index (χ1v) is 7.85. The summed E-state index contributed by atoms with van der Waals surface area (Å²) < 4.78 is 50.4. The summed E-state index contributed by atoms with van der Waals surface area (Å²) in [5.41, 5.74) is 1.08. The molecule has 0 radical (unpaired) electrons. The Balaban J connectivity index is 1.81. The lowest BCUT2D eigenvalue weighted by atomic mass is 10.0. The Kier molecular flexibility index (Phi) is 4.47. The molecule has 0 unspecified atom stereocenters. The van der Waals surface area contributed by atoms with Crippen molar-refractivity contribution in [2.75, 3.05) is 6.54 Å². The standard InChI is InChI=1S/C16H17F4N3O/c17-10-4-5-11-12(9-10)22-15(21-11)13-3-1-2-8-23(13)14(24)6-7-16(18,19)20/h4-5,9,13H,1-3,6-8H2,(H,21,22)/t13-/m1/s1. The molecule has 2 aromatic rings. The van der Waals surface area contributed by atoms with Gasteiger partial charge >= 0.3 is 6.18 Å². The number of H-pyrrole nitrogens is 1. The van der Waals surface area contributed by atoms with E-state index in [-0.39, 0.29) is 0 Å². The van der Waals surface area contributed by atoms with Crippen molar-refractivity contribution in [1.29, 1.82) is 0 Å². The lowest BCUT2D eigenvalue weighted by Crippen LogP contribution is -2.39. The number of hydrogen-bond acceptors (Lipinski definition) is 2. The van der Waals surface area contributed by atoms with Gasteiger partial charge in [-0.15, -0.1) is 0 Å². The SMILES string of the molecule is O=C(CCC(F)(F)F)N1CCCC[C@@H]1c1nc2ccc(F)cc2[nH]1. The monoisotopic (exact) mass is 343 g/mol. The molecule has 0 saturated carbocycles. The van der Waals surface area contributed by atoms with Crippen LogP contribution in [-0.2, 0) is 4.79 Å². The summed E-state index contributed by atoms with van der Waals surface area (Å²) in [5.74, 6) is -0.432. The zero-order valence-corrected chi connectivity index (χ0v) is 12.9. The first-order valence-electron chi connectivity index (χ1n) is 7.85. The fraction of sp³-hybridized carbons (Fsp3) is 0.500. The Bertz CT molecular complexity index is 740. The molecule has 2 heterocycles. The summed E-state index contributed by atoms with van der Waals surface area (Å²) in [4.78, 5) is 21.1. The van der Waals surface area contributed by atoms with Gasteiger partial charge in [-0.2, -0.15) is 13.2 Å². The number of imidazole rings is 1. The molecule has 1 N–H and O–H groups in total. The second kappa shape index (κ2) is 6.41. The number of halogens is 4. The number of carbonyl (C=O) groups excluding carboxylic acids is 1. The number of nitrogens with zero attached hydrogens (tertiary/aromatic N) is 2. The van der Waals surface area contributed by atoms with Gasteiger partial charge in [-0.05, 0) is 37.5 Å². The van der Waals surface area contributed by atoms with Crippen LogP contribution in [0.2, 0.25) is 0 Å². The summed E-state index contributed by atoms with van der Waals surface area (Å²) in [6.45, 7) is 0.409. The molecule has 4 nitrogen and oxygen atoms in total. The summed E-state index contributed by atoms with van der Waals surface area (Å²) in [5, 5.41) is 0. The summed E-state index contributed by atoms with van der Waals surface area (Å²) in [6.07, 6.45) is -3.80. The Morgan fingerprint density at radius 1 is 1.33 bits per heavy atom. The smallest absolute Gasteiger partial charge is 0.340 e. The van der Waals surface area contributed by atoms with Crippen LogP contribution in [0.25, 0.3) is 11.0 Å². The third-order valence-corrected chi connectivity index (χ3v) is 4.22. The van der Waals surface area contributed by atoms with Crippen LogP contribution < -0.4 is 0 Å². The molecule has 1 aliphatic rings. The van der Waals surface area contributed by atoms with Crippen LogP contribution >= 0.6 is 0 Å². The molecule has 0 spiro atoms. The van der Waals surface area contributed by atoms with E-state index in [0.717, 1.165) is 12.8 Å². The van der Waals surface area contributed by atoms with Gasteiger partial charge in [0.25, 0.3) is 0 Å². The van der Waals surface area contributed by atoms with Gasteiger partial charge in [-0.25, -0.2) is 9.37 Å². The average Bonchev–Trinajstić information content (AvgIpc) is 2.94. The molecule has 1 atom stereocenters. The van der Waals surface area contributed by atoms with Crippen molar-refractivity contribution in [3.05, 3.63) is 29.8 Å². The maximum Gasteiger partial charge on any atom is 0.389 e. The minimum atomic E-state index is -4.35. The Hall–Kier alpha value is -2.12. The number of rotatable bonds is 3. The largest absolute Gasteiger partial charge is 0.389 e. The van der Waals surface area contributed by atoms with Crippen molar-refractivity contribution in [3.63, 3.8) is 0 Å². The number of nitrogens with one attached hydrogen (secondary N) is 1. The fourth-order valence-electron chi connectivity index (χ4n) is 3.07.